The number of rotatable bonds is 8. The highest BCUT2D eigenvalue weighted by Crippen LogP contribution is 2.41. The first-order chi connectivity index (χ1) is 16.9. The Bertz CT molecular complexity index is 1090. The van der Waals surface area contributed by atoms with Gasteiger partial charge >= 0.3 is 0 Å². The molecule has 0 aliphatic carbocycles. The maximum absolute atomic E-state index is 12.6. The van der Waals surface area contributed by atoms with E-state index in [-0.39, 0.29) is 5.16 Å². The van der Waals surface area contributed by atoms with Crippen molar-refractivity contribution in [1.29, 1.82) is 0 Å². The number of hydrogen-bond donors (Lipinski definition) is 2. The first kappa shape index (κ1) is 29.5. The number of carbonyl (C=O) groups excluding carboxylic acids is 2. The van der Waals surface area contributed by atoms with Crippen molar-refractivity contribution in [3.05, 3.63) is 84.1 Å². The molecule has 0 spiro atoms. The summed E-state index contributed by atoms with van der Waals surface area (Å²) in [6, 6.07) is 18.5. The van der Waals surface area contributed by atoms with Gasteiger partial charge in [0.2, 0.25) is 7.59 Å². The first-order valence-electron chi connectivity index (χ1n) is 9.95. The molecular formula is C22H16Cl6N4O2S2. The molecule has 3 rings (SSSR count). The van der Waals surface area contributed by atoms with Gasteiger partial charge in [-0.15, -0.1) is 0 Å². The topological polar surface area (TPSA) is 84.0 Å². The van der Waals surface area contributed by atoms with E-state index in [2.05, 4.69) is 20.6 Å². The van der Waals surface area contributed by atoms with Crippen LogP contribution in [0.1, 0.15) is 20.7 Å². The third kappa shape index (κ3) is 9.03. The zero-order valence-electron chi connectivity index (χ0n) is 17.9. The van der Waals surface area contributed by atoms with Gasteiger partial charge in [0, 0.05) is 17.3 Å². The summed E-state index contributed by atoms with van der Waals surface area (Å²) in [5, 5.41) is 3.89. The Balaban J connectivity index is 1.75. The SMILES string of the molecule is O=C(N[C@H](Sc1nccc(S[C@H](NC(=O)c2ccccc2)C(Cl)(Cl)Cl)n1)C(Cl)(Cl)Cl)c1ccccc1. The Kier molecular flexibility index (Phi) is 10.7. The summed E-state index contributed by atoms with van der Waals surface area (Å²) in [4.78, 5) is 33.8. The lowest BCUT2D eigenvalue weighted by Crippen LogP contribution is -2.41. The number of nitrogens with zero attached hydrogens (tertiary/aromatic N) is 2. The zero-order chi connectivity index (χ0) is 26.3. The summed E-state index contributed by atoms with van der Waals surface area (Å²) in [6.07, 6.45) is 1.46. The molecule has 36 heavy (non-hydrogen) atoms. The predicted octanol–water partition coefficient (Wildman–Crippen LogP) is 6.91. The quantitative estimate of drug-likeness (QED) is 0.0911. The van der Waals surface area contributed by atoms with Crippen LogP contribution in [0.2, 0.25) is 0 Å². The van der Waals surface area contributed by atoms with Crippen molar-refractivity contribution in [2.24, 2.45) is 0 Å². The number of thioether (sulfide) groups is 2. The Morgan fingerprint density at radius 3 is 1.58 bits per heavy atom. The van der Waals surface area contributed by atoms with Gasteiger partial charge in [0.1, 0.15) is 15.8 Å². The molecule has 2 atom stereocenters. The monoisotopic (exact) mass is 642 g/mol. The molecule has 1 aromatic heterocycles. The van der Waals surface area contributed by atoms with Crippen LogP contribution in [0.5, 0.6) is 0 Å². The van der Waals surface area contributed by atoms with Crippen molar-refractivity contribution in [2.75, 3.05) is 0 Å². The number of hydrogen-bond acceptors (Lipinski definition) is 6. The largest absolute Gasteiger partial charge is 0.336 e. The van der Waals surface area contributed by atoms with E-state index in [0.29, 0.717) is 16.2 Å². The van der Waals surface area contributed by atoms with Crippen molar-refractivity contribution in [1.82, 2.24) is 20.6 Å². The second-order valence-electron chi connectivity index (χ2n) is 6.94. The number of halogens is 6. The predicted molar refractivity (Wildman–Crippen MR) is 150 cm³/mol. The van der Waals surface area contributed by atoms with Gasteiger partial charge in [-0.05, 0) is 30.3 Å². The summed E-state index contributed by atoms with van der Waals surface area (Å²) < 4.78 is -3.75. The number of aromatic nitrogens is 2. The van der Waals surface area contributed by atoms with E-state index in [9.17, 15) is 9.59 Å². The lowest BCUT2D eigenvalue weighted by Gasteiger charge is -2.25. The average molecular weight is 645 g/mol. The second kappa shape index (κ2) is 13.1. The van der Waals surface area contributed by atoms with Crippen molar-refractivity contribution in [3.8, 4) is 0 Å². The fourth-order valence-corrected chi connectivity index (χ4v) is 5.40. The summed E-state index contributed by atoms with van der Waals surface area (Å²) in [5.74, 6) is -0.868. The van der Waals surface area contributed by atoms with E-state index < -0.39 is 30.1 Å². The summed E-state index contributed by atoms with van der Waals surface area (Å²) >= 11 is 38.7. The van der Waals surface area contributed by atoms with Gasteiger partial charge in [-0.3, -0.25) is 9.59 Å². The molecule has 1 heterocycles. The van der Waals surface area contributed by atoms with E-state index in [1.54, 1.807) is 66.7 Å². The van der Waals surface area contributed by atoms with E-state index in [1.807, 2.05) is 0 Å². The van der Waals surface area contributed by atoms with Gasteiger partial charge in [-0.25, -0.2) is 9.97 Å². The molecule has 6 nitrogen and oxygen atoms in total. The Morgan fingerprint density at radius 2 is 1.14 bits per heavy atom. The van der Waals surface area contributed by atoms with E-state index in [0.717, 1.165) is 23.5 Å². The van der Waals surface area contributed by atoms with Gasteiger partial charge in [0.25, 0.3) is 11.8 Å². The zero-order valence-corrected chi connectivity index (χ0v) is 24.0. The second-order valence-corrected chi connectivity index (χ2v) is 13.9. The number of nitrogens with one attached hydrogen (secondary N) is 2. The molecule has 0 radical (unpaired) electrons. The van der Waals surface area contributed by atoms with Crippen LogP contribution in [-0.2, 0) is 0 Å². The Hall–Kier alpha value is -1.10. The molecule has 0 saturated carbocycles. The number of alkyl halides is 6. The minimum absolute atomic E-state index is 0.183. The maximum atomic E-state index is 12.6. The number of amides is 2. The Labute approximate surface area is 246 Å². The highest BCUT2D eigenvalue weighted by Gasteiger charge is 2.37. The molecule has 14 heteroatoms. The van der Waals surface area contributed by atoms with Crippen LogP contribution in [0.25, 0.3) is 0 Å². The lowest BCUT2D eigenvalue weighted by molar-refractivity contribution is 0.0942. The van der Waals surface area contributed by atoms with Crippen LogP contribution >= 0.6 is 93.1 Å². The highest BCUT2D eigenvalue weighted by atomic mass is 35.6. The van der Waals surface area contributed by atoms with Crippen molar-refractivity contribution in [2.45, 2.75) is 28.5 Å². The van der Waals surface area contributed by atoms with Gasteiger partial charge in [0.15, 0.2) is 5.16 Å². The first-order valence-corrected chi connectivity index (χ1v) is 14.0. The molecule has 3 aromatic rings. The van der Waals surface area contributed by atoms with Crippen LogP contribution in [0.4, 0.5) is 0 Å². The van der Waals surface area contributed by atoms with Gasteiger partial charge in [-0.2, -0.15) is 0 Å². The summed E-state index contributed by atoms with van der Waals surface area (Å²) in [6.45, 7) is 0. The van der Waals surface area contributed by atoms with Crippen molar-refractivity contribution in [3.63, 3.8) is 0 Å². The number of carbonyl (C=O) groups is 2. The molecular weight excluding hydrogens is 629 g/mol. The number of benzene rings is 2. The average Bonchev–Trinajstić information content (AvgIpc) is 2.83. The smallest absolute Gasteiger partial charge is 0.252 e. The molecule has 0 bridgehead atoms. The van der Waals surface area contributed by atoms with E-state index in [4.69, 9.17) is 69.6 Å². The lowest BCUT2D eigenvalue weighted by atomic mass is 10.2. The standard InChI is InChI=1S/C22H16Cl6N4O2S2/c23-21(24,25)18(31-16(33)13-7-3-1-4-8-13)35-15-11-12-29-20(30-15)36-19(22(26,27)28)32-17(34)14-9-5-2-6-10-14/h1-12,18-19H,(H,31,33)(H,32,34)/t18-,19+/m0/s1. The molecule has 2 amide bonds. The van der Waals surface area contributed by atoms with Crippen LogP contribution in [0.15, 0.2) is 83.1 Å². The molecule has 0 fully saturated rings. The van der Waals surface area contributed by atoms with E-state index >= 15 is 0 Å². The van der Waals surface area contributed by atoms with Crippen molar-refractivity contribution >= 4 is 105 Å². The molecule has 0 unspecified atom stereocenters. The highest BCUT2D eigenvalue weighted by molar-refractivity contribution is 8.00. The third-order valence-corrected chi connectivity index (χ3v) is 8.64. The molecule has 2 N–H and O–H groups in total. The van der Waals surface area contributed by atoms with Crippen LogP contribution in [-0.4, -0.2) is 40.1 Å². The third-order valence-electron chi connectivity index (χ3n) is 4.26. The van der Waals surface area contributed by atoms with Crippen LogP contribution in [0.3, 0.4) is 0 Å². The fourth-order valence-electron chi connectivity index (χ4n) is 2.61. The fraction of sp³-hybridized carbons (Fsp3) is 0.182. The molecule has 190 valence electrons. The van der Waals surface area contributed by atoms with E-state index in [1.165, 1.54) is 6.20 Å². The van der Waals surface area contributed by atoms with Gasteiger partial charge < -0.3 is 10.6 Å². The molecule has 2 aromatic carbocycles. The molecule has 0 saturated heterocycles. The minimum Gasteiger partial charge on any atom is -0.336 e. The van der Waals surface area contributed by atoms with Crippen molar-refractivity contribution < 1.29 is 9.59 Å². The van der Waals surface area contributed by atoms with Crippen LogP contribution in [0, 0.1) is 0 Å². The van der Waals surface area contributed by atoms with Gasteiger partial charge in [-0.1, -0.05) is 130 Å². The summed E-state index contributed by atoms with van der Waals surface area (Å²) in [7, 11) is 0. The minimum atomic E-state index is -1.88. The van der Waals surface area contributed by atoms with Gasteiger partial charge in [0.05, 0.1) is 0 Å². The molecule has 0 aliphatic heterocycles. The Morgan fingerprint density at radius 1 is 0.694 bits per heavy atom. The summed E-state index contributed by atoms with van der Waals surface area (Å²) in [5.41, 5.74) is 0.790. The van der Waals surface area contributed by atoms with Crippen LogP contribution < -0.4 is 10.6 Å². The molecule has 0 aliphatic rings. The maximum Gasteiger partial charge on any atom is 0.252 e. The normalized spacial score (nSPS) is 13.5.